The second-order valence-electron chi connectivity index (χ2n) is 6.30. The van der Waals surface area contributed by atoms with E-state index in [2.05, 4.69) is 4.98 Å². The number of benzene rings is 1. The molecule has 1 aliphatic heterocycles. The van der Waals surface area contributed by atoms with Crippen LogP contribution in [0.4, 0.5) is 0 Å². The van der Waals surface area contributed by atoms with Gasteiger partial charge >= 0.3 is 5.97 Å². The summed E-state index contributed by atoms with van der Waals surface area (Å²) in [6.07, 6.45) is 3.57. The van der Waals surface area contributed by atoms with E-state index in [0.29, 0.717) is 13.1 Å². The van der Waals surface area contributed by atoms with Gasteiger partial charge in [-0.2, -0.15) is 0 Å². The lowest BCUT2D eigenvalue weighted by atomic mass is 9.89. The lowest BCUT2D eigenvalue weighted by Crippen LogP contribution is -2.31. The predicted molar refractivity (Wildman–Crippen MR) is 89.8 cm³/mol. The highest BCUT2D eigenvalue weighted by Crippen LogP contribution is 2.34. The molecule has 1 aliphatic rings. The molecule has 1 aromatic carbocycles. The molecule has 1 fully saturated rings. The Morgan fingerprint density at radius 2 is 2.00 bits per heavy atom. The number of esters is 1. The van der Waals surface area contributed by atoms with Crippen molar-refractivity contribution in [2.75, 3.05) is 20.2 Å². The highest BCUT2D eigenvalue weighted by Gasteiger charge is 2.41. The SMILES string of the molecule is COC(=O)[C@@H]1CN(C(=O)Cc2cncn2C)C[C@H]1c1ccc(O)cc1. The molecule has 0 unspecified atom stereocenters. The Labute approximate surface area is 145 Å². The van der Waals surface area contributed by atoms with E-state index in [-0.39, 0.29) is 30.0 Å². The number of likely N-dealkylation sites (tertiary alicyclic amines) is 1. The number of ether oxygens (including phenoxy) is 1. The van der Waals surface area contributed by atoms with Crippen molar-refractivity contribution in [1.29, 1.82) is 0 Å². The standard InChI is InChI=1S/C18H21N3O4/c1-20-11-19-8-13(20)7-17(23)21-9-15(16(10-21)18(24)25-2)12-3-5-14(22)6-4-12/h3-6,8,11,15-16,22H,7,9-10H2,1-2H3/t15-,16+/m0/s1. The fraction of sp³-hybridized carbons (Fsp3) is 0.389. The maximum Gasteiger partial charge on any atom is 0.311 e. The van der Waals surface area contributed by atoms with Crippen LogP contribution in [0, 0.1) is 5.92 Å². The van der Waals surface area contributed by atoms with Gasteiger partial charge in [-0.05, 0) is 17.7 Å². The summed E-state index contributed by atoms with van der Waals surface area (Å²) in [4.78, 5) is 30.5. The second kappa shape index (κ2) is 6.96. The van der Waals surface area contributed by atoms with Crippen molar-refractivity contribution in [2.24, 2.45) is 13.0 Å². The minimum Gasteiger partial charge on any atom is -0.508 e. The molecule has 132 valence electrons. The number of aromatic hydroxyl groups is 1. The number of aromatic nitrogens is 2. The fourth-order valence-electron chi connectivity index (χ4n) is 3.28. The molecule has 7 heteroatoms. The Kier molecular flexibility index (Phi) is 4.74. The average molecular weight is 343 g/mol. The molecule has 7 nitrogen and oxygen atoms in total. The molecular formula is C18H21N3O4. The molecular weight excluding hydrogens is 322 g/mol. The number of phenols is 1. The molecule has 1 saturated heterocycles. The summed E-state index contributed by atoms with van der Waals surface area (Å²) < 4.78 is 6.73. The molecule has 0 spiro atoms. The van der Waals surface area contributed by atoms with Crippen molar-refractivity contribution in [1.82, 2.24) is 14.5 Å². The first-order valence-electron chi connectivity index (χ1n) is 8.09. The van der Waals surface area contributed by atoms with Crippen LogP contribution in [0.5, 0.6) is 5.75 Å². The van der Waals surface area contributed by atoms with Crippen LogP contribution < -0.4 is 0 Å². The van der Waals surface area contributed by atoms with Crippen LogP contribution in [0.25, 0.3) is 0 Å². The molecule has 2 aromatic rings. The van der Waals surface area contributed by atoms with Crippen molar-refractivity contribution in [3.63, 3.8) is 0 Å². The van der Waals surface area contributed by atoms with Gasteiger partial charge in [-0.15, -0.1) is 0 Å². The van der Waals surface area contributed by atoms with Gasteiger partial charge in [-0.25, -0.2) is 4.98 Å². The smallest absolute Gasteiger partial charge is 0.311 e. The number of amides is 1. The van der Waals surface area contributed by atoms with Gasteiger partial charge in [0.25, 0.3) is 0 Å². The summed E-state index contributed by atoms with van der Waals surface area (Å²) in [7, 11) is 3.20. The summed E-state index contributed by atoms with van der Waals surface area (Å²) in [5.41, 5.74) is 1.73. The molecule has 0 aliphatic carbocycles. The van der Waals surface area contributed by atoms with E-state index < -0.39 is 5.92 Å². The van der Waals surface area contributed by atoms with Crippen molar-refractivity contribution in [3.05, 3.63) is 48.0 Å². The summed E-state index contributed by atoms with van der Waals surface area (Å²) >= 11 is 0. The quantitative estimate of drug-likeness (QED) is 0.840. The number of nitrogens with zero attached hydrogens (tertiary/aromatic N) is 3. The van der Waals surface area contributed by atoms with Crippen LogP contribution in [0.15, 0.2) is 36.8 Å². The van der Waals surface area contributed by atoms with Crippen LogP contribution in [0.1, 0.15) is 17.2 Å². The van der Waals surface area contributed by atoms with E-state index >= 15 is 0 Å². The predicted octanol–water partition coefficient (Wildman–Crippen LogP) is 1.08. The zero-order valence-corrected chi connectivity index (χ0v) is 14.3. The van der Waals surface area contributed by atoms with Gasteiger partial charge in [0.15, 0.2) is 0 Å². The Bertz CT molecular complexity index is 769. The zero-order chi connectivity index (χ0) is 18.0. The largest absolute Gasteiger partial charge is 0.508 e. The Balaban J connectivity index is 1.79. The number of rotatable bonds is 4. The maximum atomic E-state index is 12.6. The molecule has 1 amide bonds. The first kappa shape index (κ1) is 17.0. The first-order valence-corrected chi connectivity index (χ1v) is 8.09. The van der Waals surface area contributed by atoms with Crippen LogP contribution in [-0.2, 0) is 27.8 Å². The molecule has 0 saturated carbocycles. The van der Waals surface area contributed by atoms with Gasteiger partial charge in [0.2, 0.25) is 5.91 Å². The maximum absolute atomic E-state index is 12.6. The number of imidazole rings is 1. The van der Waals surface area contributed by atoms with Crippen molar-refractivity contribution in [3.8, 4) is 5.75 Å². The van der Waals surface area contributed by atoms with E-state index in [1.807, 2.05) is 11.6 Å². The lowest BCUT2D eigenvalue weighted by Gasteiger charge is -2.17. The topological polar surface area (TPSA) is 84.7 Å². The molecule has 1 aromatic heterocycles. The monoisotopic (exact) mass is 343 g/mol. The fourth-order valence-corrected chi connectivity index (χ4v) is 3.28. The lowest BCUT2D eigenvalue weighted by molar-refractivity contribution is -0.145. The normalized spacial score (nSPS) is 19.8. The van der Waals surface area contributed by atoms with Crippen molar-refractivity contribution in [2.45, 2.75) is 12.3 Å². The number of hydrogen-bond donors (Lipinski definition) is 1. The van der Waals surface area contributed by atoms with Crippen molar-refractivity contribution >= 4 is 11.9 Å². The van der Waals surface area contributed by atoms with Crippen LogP contribution in [0.2, 0.25) is 0 Å². The van der Waals surface area contributed by atoms with E-state index in [9.17, 15) is 14.7 Å². The van der Waals surface area contributed by atoms with Gasteiger partial charge in [0.1, 0.15) is 5.75 Å². The van der Waals surface area contributed by atoms with E-state index in [1.165, 1.54) is 7.11 Å². The third-order valence-corrected chi connectivity index (χ3v) is 4.75. The van der Waals surface area contributed by atoms with Crippen LogP contribution >= 0.6 is 0 Å². The Morgan fingerprint density at radius 1 is 1.28 bits per heavy atom. The Hall–Kier alpha value is -2.83. The number of phenolic OH excluding ortho intramolecular Hbond substituents is 1. The molecule has 1 N–H and O–H groups in total. The van der Waals surface area contributed by atoms with E-state index in [4.69, 9.17) is 4.74 Å². The number of carbonyl (C=O) groups is 2. The van der Waals surface area contributed by atoms with Gasteiger partial charge < -0.3 is 19.3 Å². The number of methoxy groups -OCH3 is 1. The van der Waals surface area contributed by atoms with Gasteiger partial charge in [0.05, 0.1) is 25.8 Å². The molecule has 2 heterocycles. The number of aryl methyl sites for hydroxylation is 1. The number of hydrogen-bond acceptors (Lipinski definition) is 5. The van der Waals surface area contributed by atoms with Crippen molar-refractivity contribution < 1.29 is 19.4 Å². The third kappa shape index (κ3) is 3.50. The Morgan fingerprint density at radius 3 is 2.60 bits per heavy atom. The zero-order valence-electron chi connectivity index (χ0n) is 14.3. The summed E-state index contributed by atoms with van der Waals surface area (Å²) in [6.45, 7) is 0.774. The molecule has 0 bridgehead atoms. The minimum atomic E-state index is -0.412. The average Bonchev–Trinajstić information content (AvgIpc) is 3.22. The first-order chi connectivity index (χ1) is 12.0. The van der Waals surface area contributed by atoms with Crippen LogP contribution in [0.3, 0.4) is 0 Å². The molecule has 0 radical (unpaired) electrons. The van der Waals surface area contributed by atoms with Gasteiger partial charge in [-0.3, -0.25) is 9.59 Å². The molecule has 25 heavy (non-hydrogen) atoms. The third-order valence-electron chi connectivity index (χ3n) is 4.75. The molecule has 2 atom stereocenters. The van der Waals surface area contributed by atoms with Gasteiger partial charge in [0, 0.05) is 37.9 Å². The molecule has 3 rings (SSSR count). The van der Waals surface area contributed by atoms with Crippen LogP contribution in [-0.4, -0.2) is 51.6 Å². The summed E-state index contributed by atoms with van der Waals surface area (Å²) in [6, 6.07) is 6.74. The second-order valence-corrected chi connectivity index (χ2v) is 6.30. The highest BCUT2D eigenvalue weighted by molar-refractivity contribution is 5.81. The summed E-state index contributed by atoms with van der Waals surface area (Å²) in [5, 5.41) is 9.47. The highest BCUT2D eigenvalue weighted by atomic mass is 16.5. The van der Waals surface area contributed by atoms with E-state index in [0.717, 1.165) is 11.3 Å². The van der Waals surface area contributed by atoms with E-state index in [1.54, 1.807) is 41.7 Å². The summed E-state index contributed by atoms with van der Waals surface area (Å²) in [5.74, 6) is -0.762. The number of carbonyl (C=O) groups excluding carboxylic acids is 2. The minimum absolute atomic E-state index is 0.0428. The van der Waals surface area contributed by atoms with Gasteiger partial charge in [-0.1, -0.05) is 12.1 Å².